The van der Waals surface area contributed by atoms with E-state index in [9.17, 15) is 4.79 Å². The van der Waals surface area contributed by atoms with Crippen LogP contribution in [0.15, 0.2) is 18.2 Å². The lowest BCUT2D eigenvalue weighted by Gasteiger charge is -2.28. The van der Waals surface area contributed by atoms with E-state index >= 15 is 0 Å². The molecule has 1 aromatic carbocycles. The highest BCUT2D eigenvalue weighted by molar-refractivity contribution is 6.31. The lowest BCUT2D eigenvalue weighted by molar-refractivity contribution is -0.121. The zero-order valence-electron chi connectivity index (χ0n) is 8.57. The Hall–Kier alpha value is -1.66. The van der Waals surface area contributed by atoms with Crippen molar-refractivity contribution in [3.8, 4) is 18.1 Å². The van der Waals surface area contributed by atoms with Gasteiger partial charge in [0.05, 0.1) is 5.69 Å². The van der Waals surface area contributed by atoms with Gasteiger partial charge < -0.3 is 9.64 Å². The van der Waals surface area contributed by atoms with Crippen LogP contribution in [-0.2, 0) is 4.79 Å². The molecule has 16 heavy (non-hydrogen) atoms. The molecule has 1 aromatic rings. The van der Waals surface area contributed by atoms with Crippen molar-refractivity contribution in [3.05, 3.63) is 23.2 Å². The highest BCUT2D eigenvalue weighted by Gasteiger charge is 2.24. The van der Waals surface area contributed by atoms with Crippen LogP contribution < -0.4 is 9.64 Å². The number of benzene rings is 1. The highest BCUT2D eigenvalue weighted by atomic mass is 35.5. The first kappa shape index (κ1) is 10.8. The van der Waals surface area contributed by atoms with E-state index in [1.807, 2.05) is 0 Å². The van der Waals surface area contributed by atoms with Gasteiger partial charge >= 0.3 is 0 Å². The van der Waals surface area contributed by atoms with Gasteiger partial charge in [-0.15, -0.1) is 12.3 Å². The second-order valence-corrected chi connectivity index (χ2v) is 3.84. The fourth-order valence-electron chi connectivity index (χ4n) is 1.60. The van der Waals surface area contributed by atoms with E-state index in [1.165, 1.54) is 0 Å². The molecule has 0 bridgehead atoms. The first-order chi connectivity index (χ1) is 7.72. The van der Waals surface area contributed by atoms with Crippen LogP contribution in [0.25, 0.3) is 0 Å². The minimum atomic E-state index is -0.0926. The predicted molar refractivity (Wildman–Crippen MR) is 62.8 cm³/mol. The molecular formula is C12H10ClNO2. The van der Waals surface area contributed by atoms with Gasteiger partial charge in [0.15, 0.2) is 6.61 Å². The minimum absolute atomic E-state index is 0.0548. The Kier molecular flexibility index (Phi) is 3.02. The van der Waals surface area contributed by atoms with Crippen molar-refractivity contribution >= 4 is 23.2 Å². The zero-order valence-corrected chi connectivity index (χ0v) is 9.33. The second-order valence-electron chi connectivity index (χ2n) is 3.40. The fraction of sp³-hybridized carbons (Fsp3) is 0.250. The van der Waals surface area contributed by atoms with Crippen molar-refractivity contribution < 1.29 is 9.53 Å². The molecule has 1 amide bonds. The molecule has 0 saturated carbocycles. The fourth-order valence-corrected chi connectivity index (χ4v) is 1.76. The SMILES string of the molecule is C#CCCN1C(=O)COc2ccc(Cl)cc21. The third kappa shape index (κ3) is 1.98. The number of hydrogen-bond donors (Lipinski definition) is 0. The van der Waals surface area contributed by atoms with E-state index in [2.05, 4.69) is 5.92 Å². The zero-order chi connectivity index (χ0) is 11.5. The van der Waals surface area contributed by atoms with Crippen LogP contribution in [0, 0.1) is 12.3 Å². The number of carbonyl (C=O) groups excluding carboxylic acids is 1. The van der Waals surface area contributed by atoms with E-state index in [1.54, 1.807) is 23.1 Å². The Morgan fingerprint density at radius 2 is 2.38 bits per heavy atom. The molecule has 0 aliphatic carbocycles. The molecule has 0 fully saturated rings. The largest absolute Gasteiger partial charge is 0.482 e. The number of anilines is 1. The van der Waals surface area contributed by atoms with Gasteiger partial charge in [-0.2, -0.15) is 0 Å². The van der Waals surface area contributed by atoms with Crippen molar-refractivity contribution in [2.24, 2.45) is 0 Å². The first-order valence-electron chi connectivity index (χ1n) is 4.88. The molecule has 0 unspecified atom stereocenters. The molecule has 4 heteroatoms. The number of hydrogen-bond acceptors (Lipinski definition) is 2. The molecule has 0 aromatic heterocycles. The molecule has 2 rings (SSSR count). The van der Waals surface area contributed by atoms with Crippen LogP contribution in [0.3, 0.4) is 0 Å². The van der Waals surface area contributed by atoms with Crippen molar-refractivity contribution in [3.63, 3.8) is 0 Å². The van der Waals surface area contributed by atoms with Crippen LogP contribution in [0.5, 0.6) is 5.75 Å². The van der Waals surface area contributed by atoms with Crippen molar-refractivity contribution in [1.29, 1.82) is 0 Å². The van der Waals surface area contributed by atoms with Gasteiger partial charge in [0.25, 0.3) is 5.91 Å². The summed E-state index contributed by atoms with van der Waals surface area (Å²) in [5, 5.41) is 0.572. The predicted octanol–water partition coefficient (Wildman–Crippen LogP) is 2.09. The summed E-state index contributed by atoms with van der Waals surface area (Å²) < 4.78 is 5.30. The minimum Gasteiger partial charge on any atom is -0.482 e. The number of fused-ring (bicyclic) bond motifs is 1. The van der Waals surface area contributed by atoms with Crippen molar-refractivity contribution in [2.45, 2.75) is 6.42 Å². The molecular weight excluding hydrogens is 226 g/mol. The number of terminal acetylenes is 1. The van der Waals surface area contributed by atoms with Gasteiger partial charge in [0.1, 0.15) is 5.75 Å². The van der Waals surface area contributed by atoms with Crippen molar-refractivity contribution in [2.75, 3.05) is 18.1 Å². The van der Waals surface area contributed by atoms with E-state index in [0.29, 0.717) is 29.4 Å². The summed E-state index contributed by atoms with van der Waals surface area (Å²) in [6.45, 7) is 0.547. The molecule has 0 radical (unpaired) electrons. The number of rotatable bonds is 2. The molecule has 0 N–H and O–H groups in total. The summed E-state index contributed by atoms with van der Waals surface area (Å²) in [7, 11) is 0. The van der Waals surface area contributed by atoms with Gasteiger partial charge in [-0.1, -0.05) is 11.6 Å². The van der Waals surface area contributed by atoms with Gasteiger partial charge in [-0.3, -0.25) is 4.79 Å². The Balaban J connectivity index is 2.35. The smallest absolute Gasteiger partial charge is 0.265 e. The first-order valence-corrected chi connectivity index (χ1v) is 5.26. The Morgan fingerprint density at radius 1 is 1.56 bits per heavy atom. The molecule has 1 aliphatic heterocycles. The van der Waals surface area contributed by atoms with Crippen LogP contribution in [0.2, 0.25) is 5.02 Å². The van der Waals surface area contributed by atoms with Crippen molar-refractivity contribution in [1.82, 2.24) is 0 Å². The number of nitrogens with zero attached hydrogens (tertiary/aromatic N) is 1. The van der Waals surface area contributed by atoms with E-state index in [0.717, 1.165) is 0 Å². The number of halogens is 1. The normalized spacial score (nSPS) is 14.0. The third-order valence-electron chi connectivity index (χ3n) is 2.34. The average molecular weight is 236 g/mol. The third-order valence-corrected chi connectivity index (χ3v) is 2.58. The number of carbonyl (C=O) groups is 1. The standard InChI is InChI=1S/C12H10ClNO2/c1-2-3-6-14-10-7-9(13)4-5-11(10)16-8-12(14)15/h1,4-5,7H,3,6,8H2. The van der Waals surface area contributed by atoms with E-state index < -0.39 is 0 Å². The number of ether oxygens (including phenoxy) is 1. The summed E-state index contributed by atoms with van der Waals surface area (Å²) in [6, 6.07) is 5.20. The van der Waals surface area contributed by atoms with Gasteiger partial charge in [0.2, 0.25) is 0 Å². The molecule has 0 spiro atoms. The van der Waals surface area contributed by atoms with Crippen LogP contribution >= 0.6 is 11.6 Å². The molecule has 82 valence electrons. The Bertz CT molecular complexity index is 465. The highest BCUT2D eigenvalue weighted by Crippen LogP contribution is 2.34. The van der Waals surface area contributed by atoms with Crippen LogP contribution in [0.4, 0.5) is 5.69 Å². The Labute approximate surface area is 99.0 Å². The molecule has 0 saturated heterocycles. The lowest BCUT2D eigenvalue weighted by Crippen LogP contribution is -2.39. The monoisotopic (exact) mass is 235 g/mol. The maximum atomic E-state index is 11.7. The molecule has 1 aliphatic rings. The van der Waals surface area contributed by atoms with Crippen LogP contribution in [0.1, 0.15) is 6.42 Å². The summed E-state index contributed by atoms with van der Waals surface area (Å²) >= 11 is 5.89. The molecule has 1 heterocycles. The van der Waals surface area contributed by atoms with Gasteiger partial charge in [-0.25, -0.2) is 0 Å². The summed E-state index contributed by atoms with van der Waals surface area (Å²) in [5.74, 6) is 3.09. The van der Waals surface area contributed by atoms with E-state index in [4.69, 9.17) is 22.8 Å². The average Bonchev–Trinajstić information content (AvgIpc) is 2.28. The summed E-state index contributed by atoms with van der Waals surface area (Å²) in [4.78, 5) is 13.3. The van der Waals surface area contributed by atoms with Gasteiger partial charge in [-0.05, 0) is 18.2 Å². The van der Waals surface area contributed by atoms with Crippen LogP contribution in [-0.4, -0.2) is 19.1 Å². The molecule has 0 atom stereocenters. The summed E-state index contributed by atoms with van der Waals surface area (Å²) in [5.41, 5.74) is 0.694. The second kappa shape index (κ2) is 4.46. The molecule has 3 nitrogen and oxygen atoms in total. The summed E-state index contributed by atoms with van der Waals surface area (Å²) in [6.07, 6.45) is 5.71. The van der Waals surface area contributed by atoms with E-state index in [-0.39, 0.29) is 12.5 Å². The lowest BCUT2D eigenvalue weighted by atomic mass is 10.2. The maximum Gasteiger partial charge on any atom is 0.265 e. The number of amides is 1. The van der Waals surface area contributed by atoms with Gasteiger partial charge in [0, 0.05) is 18.0 Å². The topological polar surface area (TPSA) is 29.5 Å². The maximum absolute atomic E-state index is 11.7. The quantitative estimate of drug-likeness (QED) is 0.735. The Morgan fingerprint density at radius 3 is 3.12 bits per heavy atom.